The number of hydrogen-bond acceptors (Lipinski definition) is 4. The molecule has 0 aromatic heterocycles. The van der Waals surface area contributed by atoms with Gasteiger partial charge < -0.3 is 21.0 Å². The van der Waals surface area contributed by atoms with E-state index in [1.807, 2.05) is 13.8 Å². The minimum absolute atomic E-state index is 0.266. The van der Waals surface area contributed by atoms with Crippen LogP contribution in [0.1, 0.15) is 33.1 Å². The first-order valence-electron chi connectivity index (χ1n) is 5.86. The summed E-state index contributed by atoms with van der Waals surface area (Å²) in [7, 11) is 0. The summed E-state index contributed by atoms with van der Waals surface area (Å²) in [4.78, 5) is 0. The second-order valence-corrected chi connectivity index (χ2v) is 4.96. The average Bonchev–Trinajstić information content (AvgIpc) is 2.76. The maximum atomic E-state index is 8.62. The summed E-state index contributed by atoms with van der Waals surface area (Å²) in [6, 6.07) is 0. The quantitative estimate of drug-likeness (QED) is 0.208. The van der Waals surface area contributed by atoms with E-state index < -0.39 is 0 Å². The minimum Gasteiger partial charge on any atom is -0.409 e. The first kappa shape index (κ1) is 13.3. The number of rotatable bonds is 6. The highest BCUT2D eigenvalue weighted by Gasteiger charge is 2.23. The van der Waals surface area contributed by atoms with Gasteiger partial charge in [-0.2, -0.15) is 0 Å². The van der Waals surface area contributed by atoms with E-state index in [0.29, 0.717) is 6.10 Å². The van der Waals surface area contributed by atoms with Gasteiger partial charge in [-0.15, -0.1) is 0 Å². The number of hydrogen-bond donors (Lipinski definition) is 3. The summed E-state index contributed by atoms with van der Waals surface area (Å²) in [6.07, 6.45) is 3.53. The molecule has 5 heteroatoms. The standard InChI is InChI=1S/C11H23N3O2/c1-11(2,10(12)14-15)5-6-13-8-9-4-3-7-16-9/h9,13,15H,3-8H2,1-2H3,(H2,12,14). The second kappa shape index (κ2) is 6.06. The van der Waals surface area contributed by atoms with Crippen LogP contribution in [-0.2, 0) is 4.74 Å². The number of nitrogens with zero attached hydrogens (tertiary/aromatic N) is 1. The number of nitrogens with one attached hydrogen (secondary N) is 1. The highest BCUT2D eigenvalue weighted by molar-refractivity contribution is 5.85. The van der Waals surface area contributed by atoms with Crippen LogP contribution in [0.3, 0.4) is 0 Å². The van der Waals surface area contributed by atoms with E-state index in [-0.39, 0.29) is 11.3 Å². The molecule has 0 radical (unpaired) electrons. The maximum Gasteiger partial charge on any atom is 0.144 e. The Morgan fingerprint density at radius 1 is 1.62 bits per heavy atom. The van der Waals surface area contributed by atoms with Crippen LogP contribution in [0.2, 0.25) is 0 Å². The molecule has 4 N–H and O–H groups in total. The lowest BCUT2D eigenvalue weighted by molar-refractivity contribution is 0.110. The summed E-state index contributed by atoms with van der Waals surface area (Å²) in [5.41, 5.74) is 5.34. The molecule has 1 rings (SSSR count). The van der Waals surface area contributed by atoms with E-state index in [9.17, 15) is 0 Å². The fourth-order valence-corrected chi connectivity index (χ4v) is 1.73. The molecular weight excluding hydrogens is 206 g/mol. The van der Waals surface area contributed by atoms with Crippen LogP contribution in [0, 0.1) is 5.41 Å². The summed E-state index contributed by atoms with van der Waals surface area (Å²) >= 11 is 0. The van der Waals surface area contributed by atoms with E-state index in [0.717, 1.165) is 32.5 Å². The van der Waals surface area contributed by atoms with E-state index in [1.165, 1.54) is 6.42 Å². The zero-order chi connectivity index (χ0) is 12.0. The van der Waals surface area contributed by atoms with Gasteiger partial charge in [-0.05, 0) is 25.8 Å². The Kier molecular flexibility index (Phi) is 5.02. The molecule has 0 aromatic carbocycles. The van der Waals surface area contributed by atoms with E-state index in [4.69, 9.17) is 15.7 Å². The smallest absolute Gasteiger partial charge is 0.144 e. The van der Waals surface area contributed by atoms with Gasteiger partial charge in [0, 0.05) is 18.6 Å². The summed E-state index contributed by atoms with van der Waals surface area (Å²) in [6.45, 7) is 6.57. The number of oxime groups is 1. The van der Waals surface area contributed by atoms with Crippen molar-refractivity contribution >= 4 is 5.84 Å². The Morgan fingerprint density at radius 2 is 2.38 bits per heavy atom. The summed E-state index contributed by atoms with van der Waals surface area (Å²) < 4.78 is 5.50. The lowest BCUT2D eigenvalue weighted by atomic mass is 9.88. The Bertz CT molecular complexity index is 235. The third kappa shape index (κ3) is 3.98. The van der Waals surface area contributed by atoms with Crippen LogP contribution in [0.5, 0.6) is 0 Å². The molecule has 0 amide bonds. The van der Waals surface area contributed by atoms with Gasteiger partial charge in [-0.25, -0.2) is 0 Å². The van der Waals surface area contributed by atoms with Gasteiger partial charge in [-0.1, -0.05) is 19.0 Å². The Balaban J connectivity index is 2.14. The van der Waals surface area contributed by atoms with Crippen molar-refractivity contribution in [1.82, 2.24) is 5.32 Å². The first-order valence-corrected chi connectivity index (χ1v) is 5.86. The first-order chi connectivity index (χ1) is 7.56. The monoisotopic (exact) mass is 229 g/mol. The number of ether oxygens (including phenoxy) is 1. The molecule has 5 nitrogen and oxygen atoms in total. The lowest BCUT2D eigenvalue weighted by Crippen LogP contribution is -2.36. The fourth-order valence-electron chi connectivity index (χ4n) is 1.73. The Hall–Kier alpha value is -0.810. The van der Waals surface area contributed by atoms with E-state index in [1.54, 1.807) is 0 Å². The molecule has 1 aliphatic rings. The van der Waals surface area contributed by atoms with Gasteiger partial charge in [0.1, 0.15) is 5.84 Å². The molecule has 1 atom stereocenters. The maximum absolute atomic E-state index is 8.62. The third-order valence-corrected chi connectivity index (χ3v) is 3.12. The predicted molar refractivity (Wildman–Crippen MR) is 63.7 cm³/mol. The molecule has 0 aromatic rings. The van der Waals surface area contributed by atoms with Crippen molar-refractivity contribution in [3.63, 3.8) is 0 Å². The van der Waals surface area contributed by atoms with Gasteiger partial charge in [0.05, 0.1) is 6.10 Å². The van der Waals surface area contributed by atoms with Crippen LogP contribution in [-0.4, -0.2) is 36.8 Å². The predicted octanol–water partition coefficient (Wildman–Crippen LogP) is 0.918. The zero-order valence-corrected chi connectivity index (χ0v) is 10.2. The lowest BCUT2D eigenvalue weighted by Gasteiger charge is -2.23. The Labute approximate surface area is 97.0 Å². The summed E-state index contributed by atoms with van der Waals surface area (Å²) in [5, 5.41) is 15.0. The molecule has 16 heavy (non-hydrogen) atoms. The Morgan fingerprint density at radius 3 is 2.94 bits per heavy atom. The van der Waals surface area contributed by atoms with Crippen LogP contribution >= 0.6 is 0 Å². The molecular formula is C11H23N3O2. The van der Waals surface area contributed by atoms with Gasteiger partial charge >= 0.3 is 0 Å². The van der Waals surface area contributed by atoms with E-state index >= 15 is 0 Å². The fraction of sp³-hybridized carbons (Fsp3) is 0.909. The molecule has 0 aliphatic carbocycles. The second-order valence-electron chi connectivity index (χ2n) is 4.96. The molecule has 1 unspecified atom stereocenters. The third-order valence-electron chi connectivity index (χ3n) is 3.12. The van der Waals surface area contributed by atoms with Crippen molar-refractivity contribution in [3.05, 3.63) is 0 Å². The van der Waals surface area contributed by atoms with Crippen molar-refractivity contribution in [3.8, 4) is 0 Å². The SMILES string of the molecule is CC(C)(CCNCC1CCCO1)C(N)=NO. The topological polar surface area (TPSA) is 79.9 Å². The van der Waals surface area contributed by atoms with Gasteiger partial charge in [0.2, 0.25) is 0 Å². The highest BCUT2D eigenvalue weighted by atomic mass is 16.5. The normalized spacial score (nSPS) is 22.6. The average molecular weight is 229 g/mol. The molecule has 0 saturated carbocycles. The van der Waals surface area contributed by atoms with E-state index in [2.05, 4.69) is 10.5 Å². The van der Waals surface area contributed by atoms with Crippen molar-refractivity contribution in [2.45, 2.75) is 39.2 Å². The van der Waals surface area contributed by atoms with Gasteiger partial charge in [-0.3, -0.25) is 0 Å². The highest BCUT2D eigenvalue weighted by Crippen LogP contribution is 2.19. The molecule has 0 spiro atoms. The molecule has 94 valence electrons. The molecule has 1 saturated heterocycles. The molecule has 1 fully saturated rings. The minimum atomic E-state index is -0.266. The zero-order valence-electron chi connectivity index (χ0n) is 10.2. The van der Waals surface area contributed by atoms with Crippen LogP contribution in [0.25, 0.3) is 0 Å². The van der Waals surface area contributed by atoms with Crippen LogP contribution in [0.15, 0.2) is 5.16 Å². The van der Waals surface area contributed by atoms with Crippen molar-refractivity contribution in [2.24, 2.45) is 16.3 Å². The van der Waals surface area contributed by atoms with Gasteiger partial charge in [0.25, 0.3) is 0 Å². The number of nitrogens with two attached hydrogens (primary N) is 1. The molecule has 1 heterocycles. The van der Waals surface area contributed by atoms with Crippen molar-refractivity contribution < 1.29 is 9.94 Å². The number of amidine groups is 1. The van der Waals surface area contributed by atoms with Gasteiger partial charge in [0.15, 0.2) is 0 Å². The molecule has 0 bridgehead atoms. The molecule has 1 aliphatic heterocycles. The van der Waals surface area contributed by atoms with Crippen LogP contribution in [0.4, 0.5) is 0 Å². The van der Waals surface area contributed by atoms with Crippen molar-refractivity contribution in [2.75, 3.05) is 19.7 Å². The van der Waals surface area contributed by atoms with Crippen LogP contribution < -0.4 is 11.1 Å². The summed E-state index contributed by atoms with van der Waals surface area (Å²) in [5.74, 6) is 0.284. The largest absolute Gasteiger partial charge is 0.409 e. The van der Waals surface area contributed by atoms with Crippen molar-refractivity contribution in [1.29, 1.82) is 0 Å².